The Hall–Kier alpha value is 0.750. The summed E-state index contributed by atoms with van der Waals surface area (Å²) < 4.78 is 21.1. The molecule has 1 heterocycles. The van der Waals surface area contributed by atoms with E-state index in [1.807, 2.05) is 4.98 Å². The van der Waals surface area contributed by atoms with Crippen molar-refractivity contribution in [3.05, 3.63) is 32.6 Å². The molecule has 0 aliphatic rings. The summed E-state index contributed by atoms with van der Waals surface area (Å²) in [4.78, 5) is 42.0. The minimum atomic E-state index is -4.38. The van der Waals surface area contributed by atoms with Gasteiger partial charge in [0.1, 0.15) is 0 Å². The molecule has 0 amide bonds. The number of rotatable bonds is 5. The van der Waals surface area contributed by atoms with Gasteiger partial charge in [-0.05, 0) is 6.92 Å². The molecule has 0 saturated heterocycles. The number of hydrogen-bond acceptors (Lipinski definition) is 5. The van der Waals surface area contributed by atoms with E-state index in [4.69, 9.17) is 19.3 Å². The predicted octanol–water partition coefficient (Wildman–Crippen LogP) is -2.20. The first kappa shape index (κ1) is 23.0. The zero-order valence-electron chi connectivity index (χ0n) is 9.69. The van der Waals surface area contributed by atoms with Crippen molar-refractivity contribution >= 4 is 66.7 Å². The van der Waals surface area contributed by atoms with Gasteiger partial charge in [-0.3, -0.25) is 14.3 Å². The topological polar surface area (TPSA) is 131 Å². The van der Waals surface area contributed by atoms with Crippen molar-refractivity contribution in [3.63, 3.8) is 0 Å². The molecule has 9 nitrogen and oxygen atoms in total. The molecule has 1 aromatic heterocycles. The molecule has 1 rings (SSSR count). The Morgan fingerprint density at radius 2 is 1.95 bits per heavy atom. The summed E-state index contributed by atoms with van der Waals surface area (Å²) in [5.74, 6) is 0. The molecule has 106 valence electrons. The molecule has 1 unspecified atom stereocenters. The van der Waals surface area contributed by atoms with Crippen molar-refractivity contribution in [1.29, 1.82) is 0 Å². The maximum atomic E-state index is 11.5. The second-order valence-electron chi connectivity index (χ2n) is 3.48. The minimum absolute atomic E-state index is 0. The van der Waals surface area contributed by atoms with Crippen LogP contribution in [0.2, 0.25) is 0 Å². The third-order valence-corrected chi connectivity index (χ3v) is 2.45. The van der Waals surface area contributed by atoms with Crippen LogP contribution >= 0.6 is 7.60 Å². The number of H-pyrrole nitrogens is 1. The van der Waals surface area contributed by atoms with Crippen LogP contribution in [0.25, 0.3) is 0 Å². The standard InChI is InChI=1S/C8H13N2O7P.2Na.2H/c1-5-3-10(7(12)9-6(5)11)8(16-2)17-4-18(13,14)15;;;;/h3,8H,4H2,1-2H3,(H,9,11,12)(H2,13,14,15);;;;. The summed E-state index contributed by atoms with van der Waals surface area (Å²) in [5, 5.41) is 0. The Labute approximate surface area is 158 Å². The van der Waals surface area contributed by atoms with Gasteiger partial charge in [-0.2, -0.15) is 0 Å². The van der Waals surface area contributed by atoms with Gasteiger partial charge in [-0.25, -0.2) is 9.36 Å². The summed E-state index contributed by atoms with van der Waals surface area (Å²) >= 11 is 0. The summed E-state index contributed by atoms with van der Waals surface area (Å²) in [6, 6.07) is 0. The molecule has 3 N–H and O–H groups in total. The fourth-order valence-corrected chi connectivity index (χ4v) is 1.49. The normalized spacial score (nSPS) is 12.2. The second kappa shape index (κ2) is 9.70. The van der Waals surface area contributed by atoms with Crippen LogP contribution in [0, 0.1) is 6.92 Å². The number of hydrogen-bond donors (Lipinski definition) is 3. The summed E-state index contributed by atoms with van der Waals surface area (Å²) in [6.45, 7) is 1.46. The van der Waals surface area contributed by atoms with Gasteiger partial charge in [-0.15, -0.1) is 0 Å². The van der Waals surface area contributed by atoms with E-state index >= 15 is 0 Å². The van der Waals surface area contributed by atoms with Gasteiger partial charge in [0.15, 0.2) is 6.35 Å². The number of nitrogens with one attached hydrogen (secondary N) is 1. The first-order chi connectivity index (χ1) is 8.24. The number of methoxy groups -OCH3 is 1. The molecule has 0 radical (unpaired) electrons. The Balaban J connectivity index is 0. The number of ether oxygens (including phenoxy) is 2. The molecule has 1 atom stereocenters. The zero-order valence-corrected chi connectivity index (χ0v) is 10.6. The summed E-state index contributed by atoms with van der Waals surface area (Å²) in [7, 11) is -3.19. The molecule has 0 saturated carbocycles. The molecule has 12 heteroatoms. The predicted molar refractivity (Wildman–Crippen MR) is 74.4 cm³/mol. The molecule has 0 spiro atoms. The van der Waals surface area contributed by atoms with E-state index in [1.165, 1.54) is 20.2 Å². The van der Waals surface area contributed by atoms with E-state index in [0.717, 1.165) is 4.57 Å². The van der Waals surface area contributed by atoms with Crippen molar-refractivity contribution in [2.75, 3.05) is 13.5 Å². The molecule has 0 bridgehead atoms. The van der Waals surface area contributed by atoms with E-state index in [9.17, 15) is 14.2 Å². The molecular formula is C8H15N2Na2O7P. The van der Waals surface area contributed by atoms with E-state index in [-0.39, 0.29) is 64.7 Å². The van der Waals surface area contributed by atoms with Gasteiger partial charge in [-0.1, -0.05) is 0 Å². The summed E-state index contributed by atoms with van der Waals surface area (Å²) in [5.41, 5.74) is -1.12. The van der Waals surface area contributed by atoms with Crippen molar-refractivity contribution in [2.24, 2.45) is 0 Å². The van der Waals surface area contributed by atoms with E-state index in [2.05, 4.69) is 0 Å². The van der Waals surface area contributed by atoms with Crippen LogP contribution < -0.4 is 11.2 Å². The van der Waals surface area contributed by atoms with Crippen LogP contribution in [0.1, 0.15) is 12.0 Å². The number of aromatic nitrogens is 2. The molecular weight excluding hydrogens is 313 g/mol. The third kappa shape index (κ3) is 7.15. The SMILES string of the molecule is COC(OCP(=O)(O)O)n1cc(C)c(=O)[nH]c1=O.[NaH].[NaH]. The molecule has 0 aliphatic carbocycles. The molecule has 0 fully saturated rings. The third-order valence-electron chi connectivity index (χ3n) is 1.96. The first-order valence-electron chi connectivity index (χ1n) is 4.75. The number of nitrogens with zero attached hydrogens (tertiary/aromatic N) is 1. The van der Waals surface area contributed by atoms with Gasteiger partial charge in [0.2, 0.25) is 6.41 Å². The van der Waals surface area contributed by atoms with Gasteiger partial charge < -0.3 is 19.3 Å². The molecule has 0 aromatic carbocycles. The maximum absolute atomic E-state index is 11.5. The summed E-state index contributed by atoms with van der Waals surface area (Å²) in [6.07, 6.45) is -1.06. The monoisotopic (exact) mass is 328 g/mol. The van der Waals surface area contributed by atoms with Crippen molar-refractivity contribution in [3.8, 4) is 0 Å². The van der Waals surface area contributed by atoms with Crippen LogP contribution in [0.3, 0.4) is 0 Å². The average Bonchev–Trinajstić information content (AvgIpc) is 2.24. The van der Waals surface area contributed by atoms with Crippen LogP contribution in [0.4, 0.5) is 0 Å². The quantitative estimate of drug-likeness (QED) is 0.318. The Morgan fingerprint density at radius 1 is 1.40 bits per heavy atom. The van der Waals surface area contributed by atoms with Gasteiger partial charge in [0.25, 0.3) is 5.56 Å². The Bertz CT molecular complexity index is 581. The van der Waals surface area contributed by atoms with Crippen LogP contribution in [-0.4, -0.2) is 91.9 Å². The van der Waals surface area contributed by atoms with E-state index < -0.39 is 31.6 Å². The van der Waals surface area contributed by atoms with Crippen LogP contribution in [-0.2, 0) is 14.0 Å². The van der Waals surface area contributed by atoms with E-state index in [1.54, 1.807) is 0 Å². The van der Waals surface area contributed by atoms with Gasteiger partial charge in [0.05, 0.1) is 0 Å². The number of aryl methyl sites for hydroxylation is 1. The first-order valence-corrected chi connectivity index (χ1v) is 6.55. The van der Waals surface area contributed by atoms with Crippen molar-refractivity contribution in [1.82, 2.24) is 9.55 Å². The van der Waals surface area contributed by atoms with E-state index in [0.29, 0.717) is 0 Å². The van der Waals surface area contributed by atoms with Crippen molar-refractivity contribution < 1.29 is 23.8 Å². The van der Waals surface area contributed by atoms with Crippen LogP contribution in [0.5, 0.6) is 0 Å². The Morgan fingerprint density at radius 3 is 2.40 bits per heavy atom. The zero-order chi connectivity index (χ0) is 13.9. The molecule has 0 aliphatic heterocycles. The second-order valence-corrected chi connectivity index (χ2v) is 5.07. The molecule has 1 aromatic rings. The van der Waals surface area contributed by atoms with Crippen LogP contribution in [0.15, 0.2) is 15.8 Å². The average molecular weight is 328 g/mol. The van der Waals surface area contributed by atoms with Crippen molar-refractivity contribution in [2.45, 2.75) is 13.3 Å². The van der Waals surface area contributed by atoms with Gasteiger partial charge in [0, 0.05) is 18.9 Å². The molecule has 20 heavy (non-hydrogen) atoms. The fraction of sp³-hybridized carbons (Fsp3) is 0.500. The number of aromatic amines is 1. The van der Waals surface area contributed by atoms with Gasteiger partial charge >= 0.3 is 72.4 Å². The fourth-order valence-electron chi connectivity index (χ4n) is 1.17. The Kier molecular flexibility index (Phi) is 11.2.